The number of benzene rings is 1. The second kappa shape index (κ2) is 4.48. The van der Waals surface area contributed by atoms with Gasteiger partial charge in [0.25, 0.3) is 0 Å². The van der Waals surface area contributed by atoms with Crippen molar-refractivity contribution in [3.05, 3.63) is 24.3 Å². The summed E-state index contributed by atoms with van der Waals surface area (Å²) in [6.07, 6.45) is 0. The number of hydrogen-bond donors (Lipinski definition) is 2. The van der Waals surface area contributed by atoms with Gasteiger partial charge in [0.15, 0.2) is 0 Å². The van der Waals surface area contributed by atoms with E-state index in [-0.39, 0.29) is 6.03 Å². The number of methoxy groups -OCH3 is 1. The van der Waals surface area contributed by atoms with E-state index in [1.807, 2.05) is 5.43 Å². The standard InChI is InChI=1S/C9H13N3O2/c1-12(9(13)11-10)7-4-3-5-8(6-7)14-2/h3-6H,10H2,1-2H3,(H,11,13). The molecule has 14 heavy (non-hydrogen) atoms. The largest absolute Gasteiger partial charge is 0.497 e. The van der Waals surface area contributed by atoms with E-state index in [0.717, 1.165) is 0 Å². The fourth-order valence-corrected chi connectivity index (χ4v) is 1.03. The number of nitrogens with two attached hydrogens (primary N) is 1. The number of carbonyl (C=O) groups is 1. The van der Waals surface area contributed by atoms with Crippen LogP contribution in [0.4, 0.5) is 10.5 Å². The molecule has 0 aliphatic heterocycles. The Bertz CT molecular complexity index is 328. The molecule has 0 unspecified atom stereocenters. The van der Waals surface area contributed by atoms with E-state index in [4.69, 9.17) is 10.6 Å². The van der Waals surface area contributed by atoms with E-state index in [9.17, 15) is 4.79 Å². The molecule has 5 nitrogen and oxygen atoms in total. The fraction of sp³-hybridized carbons (Fsp3) is 0.222. The summed E-state index contributed by atoms with van der Waals surface area (Å²) in [4.78, 5) is 12.6. The maximum atomic E-state index is 11.2. The third-order valence-electron chi connectivity index (χ3n) is 1.87. The molecule has 2 amide bonds. The normalized spacial score (nSPS) is 9.36. The number of nitrogens with zero attached hydrogens (tertiary/aromatic N) is 1. The van der Waals surface area contributed by atoms with Gasteiger partial charge in [0.05, 0.1) is 7.11 Å². The SMILES string of the molecule is COc1cccc(N(C)C(=O)NN)c1. The first-order valence-corrected chi connectivity index (χ1v) is 4.07. The van der Waals surface area contributed by atoms with E-state index in [2.05, 4.69) is 0 Å². The molecule has 0 atom stereocenters. The summed E-state index contributed by atoms with van der Waals surface area (Å²) >= 11 is 0. The summed E-state index contributed by atoms with van der Waals surface area (Å²) in [5.74, 6) is 5.70. The summed E-state index contributed by atoms with van der Waals surface area (Å²) < 4.78 is 5.03. The second-order valence-corrected chi connectivity index (χ2v) is 2.71. The lowest BCUT2D eigenvalue weighted by Gasteiger charge is -2.16. The maximum Gasteiger partial charge on any atom is 0.335 e. The number of ether oxygens (including phenoxy) is 1. The molecule has 1 aromatic carbocycles. The molecule has 5 heteroatoms. The summed E-state index contributed by atoms with van der Waals surface area (Å²) in [7, 11) is 3.19. The molecular formula is C9H13N3O2. The van der Waals surface area contributed by atoms with Gasteiger partial charge in [0.1, 0.15) is 5.75 Å². The number of urea groups is 1. The van der Waals surface area contributed by atoms with Crippen LogP contribution in [0.15, 0.2) is 24.3 Å². The van der Waals surface area contributed by atoms with Crippen LogP contribution >= 0.6 is 0 Å². The van der Waals surface area contributed by atoms with Gasteiger partial charge in [0, 0.05) is 18.8 Å². The van der Waals surface area contributed by atoms with Gasteiger partial charge in [-0.05, 0) is 12.1 Å². The van der Waals surface area contributed by atoms with E-state index in [1.54, 1.807) is 38.4 Å². The number of hydrazine groups is 1. The van der Waals surface area contributed by atoms with E-state index >= 15 is 0 Å². The van der Waals surface area contributed by atoms with Gasteiger partial charge in [-0.1, -0.05) is 6.07 Å². The predicted molar refractivity (Wildman–Crippen MR) is 54.1 cm³/mol. The molecule has 0 aliphatic carbocycles. The van der Waals surface area contributed by atoms with Crippen molar-refractivity contribution < 1.29 is 9.53 Å². The fourth-order valence-electron chi connectivity index (χ4n) is 1.03. The second-order valence-electron chi connectivity index (χ2n) is 2.71. The van der Waals surface area contributed by atoms with Crippen LogP contribution < -0.4 is 20.9 Å². The molecule has 0 fully saturated rings. The van der Waals surface area contributed by atoms with E-state index in [0.29, 0.717) is 11.4 Å². The van der Waals surface area contributed by atoms with Crippen LogP contribution in [0.3, 0.4) is 0 Å². The van der Waals surface area contributed by atoms with Crippen molar-refractivity contribution in [1.29, 1.82) is 0 Å². The zero-order valence-corrected chi connectivity index (χ0v) is 8.15. The first-order valence-electron chi connectivity index (χ1n) is 4.07. The van der Waals surface area contributed by atoms with Crippen LogP contribution in [0.25, 0.3) is 0 Å². The van der Waals surface area contributed by atoms with Gasteiger partial charge >= 0.3 is 6.03 Å². The molecule has 0 saturated heterocycles. The Balaban J connectivity index is 2.89. The average molecular weight is 195 g/mol. The number of rotatable bonds is 2. The molecule has 3 N–H and O–H groups in total. The quantitative estimate of drug-likeness (QED) is 0.415. The highest BCUT2D eigenvalue weighted by atomic mass is 16.5. The lowest BCUT2D eigenvalue weighted by molar-refractivity contribution is 0.247. The molecule has 1 rings (SSSR count). The topological polar surface area (TPSA) is 67.6 Å². The van der Waals surface area contributed by atoms with Gasteiger partial charge in [-0.25, -0.2) is 10.6 Å². The lowest BCUT2D eigenvalue weighted by Crippen LogP contribution is -2.41. The highest BCUT2D eigenvalue weighted by Gasteiger charge is 2.08. The molecule has 0 heterocycles. The molecule has 0 radical (unpaired) electrons. The Morgan fingerprint density at radius 1 is 1.57 bits per heavy atom. The van der Waals surface area contributed by atoms with Gasteiger partial charge < -0.3 is 4.74 Å². The Labute approximate surface area is 82.4 Å². The molecule has 0 aliphatic rings. The zero-order valence-electron chi connectivity index (χ0n) is 8.15. The van der Waals surface area contributed by atoms with Crippen molar-refractivity contribution in [2.75, 3.05) is 19.1 Å². The number of hydrogen-bond acceptors (Lipinski definition) is 3. The van der Waals surface area contributed by atoms with Crippen LogP contribution in [0.1, 0.15) is 0 Å². The van der Waals surface area contributed by atoms with Gasteiger partial charge in [0.2, 0.25) is 0 Å². The minimum atomic E-state index is -0.377. The van der Waals surface area contributed by atoms with Crippen molar-refractivity contribution in [3.63, 3.8) is 0 Å². The Morgan fingerprint density at radius 2 is 2.29 bits per heavy atom. The summed E-state index contributed by atoms with van der Waals surface area (Å²) in [5.41, 5.74) is 2.76. The predicted octanol–water partition coefficient (Wildman–Crippen LogP) is 0.715. The number of nitrogens with one attached hydrogen (secondary N) is 1. The third-order valence-corrected chi connectivity index (χ3v) is 1.87. The number of anilines is 1. The highest BCUT2D eigenvalue weighted by molar-refractivity contribution is 5.91. The zero-order chi connectivity index (χ0) is 10.6. The van der Waals surface area contributed by atoms with Crippen LogP contribution in [-0.2, 0) is 0 Å². The van der Waals surface area contributed by atoms with Gasteiger partial charge in [-0.3, -0.25) is 10.3 Å². The highest BCUT2D eigenvalue weighted by Crippen LogP contribution is 2.19. The summed E-state index contributed by atoms with van der Waals surface area (Å²) in [6, 6.07) is 6.76. The smallest absolute Gasteiger partial charge is 0.335 e. The molecule has 0 saturated carbocycles. The van der Waals surface area contributed by atoms with Crippen LogP contribution in [0.5, 0.6) is 5.75 Å². The maximum absolute atomic E-state index is 11.2. The summed E-state index contributed by atoms with van der Waals surface area (Å²) in [5, 5.41) is 0. The van der Waals surface area contributed by atoms with Gasteiger partial charge in [-0.15, -0.1) is 0 Å². The summed E-state index contributed by atoms with van der Waals surface area (Å²) in [6.45, 7) is 0. The molecular weight excluding hydrogens is 182 g/mol. The average Bonchev–Trinajstić information content (AvgIpc) is 2.27. The Kier molecular flexibility index (Phi) is 3.30. The van der Waals surface area contributed by atoms with E-state index < -0.39 is 0 Å². The monoisotopic (exact) mass is 195 g/mol. The van der Waals surface area contributed by atoms with Crippen molar-refractivity contribution in [2.24, 2.45) is 5.84 Å². The lowest BCUT2D eigenvalue weighted by atomic mass is 10.3. The minimum Gasteiger partial charge on any atom is -0.497 e. The molecule has 1 aromatic rings. The van der Waals surface area contributed by atoms with Crippen LogP contribution in [0.2, 0.25) is 0 Å². The van der Waals surface area contributed by atoms with Crippen molar-refractivity contribution in [2.45, 2.75) is 0 Å². The van der Waals surface area contributed by atoms with Gasteiger partial charge in [-0.2, -0.15) is 0 Å². The van der Waals surface area contributed by atoms with Crippen LogP contribution in [0, 0.1) is 0 Å². The Hall–Kier alpha value is -1.75. The van der Waals surface area contributed by atoms with Crippen molar-refractivity contribution >= 4 is 11.7 Å². The molecule has 0 aromatic heterocycles. The van der Waals surface area contributed by atoms with E-state index in [1.165, 1.54) is 4.90 Å². The minimum absolute atomic E-state index is 0.377. The first-order chi connectivity index (χ1) is 6.69. The first kappa shape index (κ1) is 10.3. The molecule has 76 valence electrons. The number of carbonyl (C=O) groups excluding carboxylic acids is 1. The van der Waals surface area contributed by atoms with Crippen LogP contribution in [-0.4, -0.2) is 20.2 Å². The Morgan fingerprint density at radius 3 is 2.86 bits per heavy atom. The van der Waals surface area contributed by atoms with Crippen molar-refractivity contribution in [1.82, 2.24) is 5.43 Å². The van der Waals surface area contributed by atoms with Crippen molar-refractivity contribution in [3.8, 4) is 5.75 Å². The molecule has 0 spiro atoms. The molecule has 0 bridgehead atoms. The third kappa shape index (κ3) is 2.14. The number of amides is 2.